The van der Waals surface area contributed by atoms with Gasteiger partial charge in [0.2, 0.25) is 0 Å². The van der Waals surface area contributed by atoms with Gasteiger partial charge in [0.05, 0.1) is 25.0 Å². The predicted octanol–water partition coefficient (Wildman–Crippen LogP) is 5.93. The number of carbonyl (C=O) groups excluding carboxylic acids is 2. The molecule has 1 N–H and O–H groups in total. The minimum atomic E-state index is -1.11. The van der Waals surface area contributed by atoms with Crippen molar-refractivity contribution < 1.29 is 33.6 Å². The van der Waals surface area contributed by atoms with Crippen LogP contribution < -0.4 is 0 Å². The first-order valence-electron chi connectivity index (χ1n) is 16.4. The van der Waals surface area contributed by atoms with E-state index in [9.17, 15) is 14.7 Å². The highest BCUT2D eigenvalue weighted by atomic mass is 16.6. The lowest BCUT2D eigenvalue weighted by atomic mass is 10.1. The molecule has 0 aromatic heterocycles. The van der Waals surface area contributed by atoms with E-state index >= 15 is 0 Å². The minimum absolute atomic E-state index is 0.0526. The summed E-state index contributed by atoms with van der Waals surface area (Å²) in [5.41, 5.74) is 0. The molecule has 0 aromatic rings. The maximum absolute atomic E-state index is 11.9. The molecule has 2 rings (SSSR count). The lowest BCUT2D eigenvalue weighted by Gasteiger charge is -2.11. The molecule has 46 heavy (non-hydrogen) atoms. The van der Waals surface area contributed by atoms with Gasteiger partial charge in [-0.15, -0.1) is 0 Å². The van der Waals surface area contributed by atoms with E-state index in [0.29, 0.717) is 12.8 Å². The summed E-state index contributed by atoms with van der Waals surface area (Å²) < 4.78 is 21.1. The largest absolute Gasteiger partial charge is 0.463 e. The van der Waals surface area contributed by atoms with Gasteiger partial charge in [-0.05, 0) is 75.0 Å². The van der Waals surface area contributed by atoms with Crippen LogP contribution in [0, 0.1) is 47.4 Å². The summed E-state index contributed by atoms with van der Waals surface area (Å²) in [7, 11) is 0. The van der Waals surface area contributed by atoms with E-state index in [0.717, 1.165) is 51.4 Å². The van der Waals surface area contributed by atoms with Crippen molar-refractivity contribution in [2.24, 2.45) is 0 Å². The first-order valence-corrected chi connectivity index (χ1v) is 16.4. The van der Waals surface area contributed by atoms with Crippen molar-refractivity contribution in [3.8, 4) is 47.4 Å². The molecule has 2 fully saturated rings. The van der Waals surface area contributed by atoms with Gasteiger partial charge in [0.15, 0.2) is 0 Å². The summed E-state index contributed by atoms with van der Waals surface area (Å²) >= 11 is 0. The predicted molar refractivity (Wildman–Crippen MR) is 180 cm³/mol. The number of rotatable bonds is 20. The number of epoxide rings is 2. The number of aliphatic hydroxyl groups is 1. The SMILES string of the molecule is CC/C=C\C=C/CCC[C@@H]1O[C@H]1C#CC#CCCC(=O)OCC(O)COC(=O)CCC#CC#C[C@@H]1O[C@H]1CCC/C=C\C=C/CC. The molecule has 2 heterocycles. The molecule has 0 aliphatic carbocycles. The van der Waals surface area contributed by atoms with Crippen LogP contribution in [0.15, 0.2) is 48.6 Å². The summed E-state index contributed by atoms with van der Waals surface area (Å²) in [4.78, 5) is 23.7. The Morgan fingerprint density at radius 2 is 1.13 bits per heavy atom. The fraction of sp³-hybridized carbons (Fsp3) is 0.538. The number of allylic oxidation sites excluding steroid dienone is 8. The lowest BCUT2D eigenvalue weighted by Crippen LogP contribution is -2.25. The van der Waals surface area contributed by atoms with E-state index in [2.05, 4.69) is 110 Å². The molecule has 2 aliphatic rings. The third-order valence-electron chi connectivity index (χ3n) is 6.63. The van der Waals surface area contributed by atoms with Crippen LogP contribution in [0.4, 0.5) is 0 Å². The second kappa shape index (κ2) is 25.2. The van der Waals surface area contributed by atoms with Gasteiger partial charge >= 0.3 is 11.9 Å². The highest BCUT2D eigenvalue weighted by molar-refractivity contribution is 5.70. The Kier molecular flexibility index (Phi) is 21.0. The van der Waals surface area contributed by atoms with E-state index in [1.165, 1.54) is 0 Å². The molecule has 2 aliphatic heterocycles. The summed E-state index contributed by atoms with van der Waals surface area (Å²) in [6.07, 6.45) is 24.9. The average molecular weight is 629 g/mol. The second-order valence-corrected chi connectivity index (χ2v) is 10.7. The van der Waals surface area contributed by atoms with Crippen LogP contribution in [0.2, 0.25) is 0 Å². The number of hydrogen-bond donors (Lipinski definition) is 1. The minimum Gasteiger partial charge on any atom is -0.463 e. The van der Waals surface area contributed by atoms with Gasteiger partial charge in [-0.2, -0.15) is 0 Å². The molecule has 0 unspecified atom stereocenters. The first-order chi connectivity index (χ1) is 22.5. The lowest BCUT2D eigenvalue weighted by molar-refractivity contribution is -0.152. The van der Waals surface area contributed by atoms with Crippen molar-refractivity contribution in [3.05, 3.63) is 48.6 Å². The van der Waals surface area contributed by atoms with Crippen LogP contribution in [0.25, 0.3) is 0 Å². The normalized spacial score (nSPS) is 19.6. The Morgan fingerprint density at radius 3 is 1.57 bits per heavy atom. The summed E-state index contributed by atoms with van der Waals surface area (Å²) in [6.45, 7) is 3.69. The van der Waals surface area contributed by atoms with Crippen LogP contribution >= 0.6 is 0 Å². The van der Waals surface area contributed by atoms with Crippen molar-refractivity contribution in [2.45, 2.75) is 121 Å². The number of unbranched alkanes of at least 4 members (excludes halogenated alkanes) is 2. The number of hydrogen-bond acceptors (Lipinski definition) is 7. The standard InChI is InChI=1S/C39H48O7/c1-3-5-7-9-11-13-19-25-34-36(45-34)27-21-15-17-23-29-38(41)43-31-33(40)32-44-39(42)30-24-18-16-22-28-37-35(46-37)26-20-14-12-10-8-6-4-2/h5-12,33-37,40H,3-4,13-14,19-20,23-26,29-32H2,1-2H3/b7-5-,8-6-,11-9-,12-10-/t34-,35-,36-,37-/m0/s1. The number of aliphatic hydroxyl groups excluding tert-OH is 1. The van der Waals surface area contributed by atoms with Crippen molar-refractivity contribution in [3.63, 3.8) is 0 Å². The zero-order valence-corrected chi connectivity index (χ0v) is 27.3. The average Bonchev–Trinajstić information content (AvgIpc) is 3.98. The van der Waals surface area contributed by atoms with Crippen molar-refractivity contribution >= 4 is 11.9 Å². The van der Waals surface area contributed by atoms with E-state index in [4.69, 9.17) is 18.9 Å². The molecule has 0 bridgehead atoms. The van der Waals surface area contributed by atoms with E-state index in [1.807, 2.05) is 0 Å². The molecule has 0 amide bonds. The van der Waals surface area contributed by atoms with Crippen molar-refractivity contribution in [1.82, 2.24) is 0 Å². The van der Waals surface area contributed by atoms with Crippen LogP contribution in [-0.4, -0.2) is 60.8 Å². The molecule has 2 saturated heterocycles. The molecule has 0 radical (unpaired) electrons. The Labute approximate surface area is 275 Å². The third-order valence-corrected chi connectivity index (χ3v) is 6.63. The summed E-state index contributed by atoms with van der Waals surface area (Å²) in [6, 6.07) is 0. The molecule has 0 saturated carbocycles. The zero-order chi connectivity index (χ0) is 33.1. The molecule has 4 atom stereocenters. The Balaban J connectivity index is 1.43. The van der Waals surface area contributed by atoms with Gasteiger partial charge in [0.25, 0.3) is 0 Å². The van der Waals surface area contributed by atoms with E-state index in [-0.39, 0.29) is 50.5 Å². The zero-order valence-electron chi connectivity index (χ0n) is 27.3. The molecule has 7 nitrogen and oxygen atoms in total. The fourth-order valence-corrected chi connectivity index (χ4v) is 3.96. The maximum atomic E-state index is 11.9. The fourth-order valence-electron chi connectivity index (χ4n) is 3.96. The van der Waals surface area contributed by atoms with Gasteiger partial charge in [-0.25, -0.2) is 0 Å². The summed E-state index contributed by atoms with van der Waals surface area (Å²) in [5, 5.41) is 9.93. The quantitative estimate of drug-likeness (QED) is 0.0587. The van der Waals surface area contributed by atoms with Gasteiger partial charge < -0.3 is 24.1 Å². The highest BCUT2D eigenvalue weighted by Gasteiger charge is 2.36. The van der Waals surface area contributed by atoms with Crippen LogP contribution in [-0.2, 0) is 28.5 Å². The Hall–Kier alpha value is -3.98. The Bertz CT molecular complexity index is 1190. The molecule has 0 aromatic carbocycles. The first kappa shape index (κ1) is 38.2. The molecular formula is C39H48O7. The smallest absolute Gasteiger partial charge is 0.306 e. The highest BCUT2D eigenvalue weighted by Crippen LogP contribution is 2.27. The third kappa shape index (κ3) is 20.9. The number of carbonyl (C=O) groups is 2. The van der Waals surface area contributed by atoms with Crippen molar-refractivity contribution in [2.75, 3.05) is 13.2 Å². The molecule has 0 spiro atoms. The maximum Gasteiger partial charge on any atom is 0.306 e. The van der Waals surface area contributed by atoms with Crippen LogP contribution in [0.3, 0.4) is 0 Å². The van der Waals surface area contributed by atoms with Gasteiger partial charge in [0, 0.05) is 12.8 Å². The van der Waals surface area contributed by atoms with E-state index < -0.39 is 18.0 Å². The number of esters is 2. The molecule has 246 valence electrons. The summed E-state index contributed by atoms with van der Waals surface area (Å²) in [5.74, 6) is 21.6. The molecular weight excluding hydrogens is 580 g/mol. The van der Waals surface area contributed by atoms with Crippen molar-refractivity contribution in [1.29, 1.82) is 0 Å². The monoisotopic (exact) mass is 628 g/mol. The van der Waals surface area contributed by atoms with E-state index in [1.54, 1.807) is 0 Å². The van der Waals surface area contributed by atoms with Gasteiger partial charge in [-0.1, -0.05) is 86.1 Å². The van der Waals surface area contributed by atoms with Crippen LogP contribution in [0.5, 0.6) is 0 Å². The second-order valence-electron chi connectivity index (χ2n) is 10.7. The molecule has 7 heteroatoms. The topological polar surface area (TPSA) is 97.9 Å². The van der Waals surface area contributed by atoms with Gasteiger partial charge in [0.1, 0.15) is 31.5 Å². The van der Waals surface area contributed by atoms with Gasteiger partial charge in [-0.3, -0.25) is 9.59 Å². The number of ether oxygens (including phenoxy) is 4. The van der Waals surface area contributed by atoms with Crippen LogP contribution in [0.1, 0.15) is 90.9 Å². The Morgan fingerprint density at radius 1 is 0.696 bits per heavy atom.